The highest BCUT2D eigenvalue weighted by molar-refractivity contribution is 14.0. The summed E-state index contributed by atoms with van der Waals surface area (Å²) < 4.78 is 0. The van der Waals surface area contributed by atoms with E-state index in [9.17, 15) is 0 Å². The van der Waals surface area contributed by atoms with Crippen LogP contribution in [-0.4, -0.2) is 41.2 Å². The van der Waals surface area contributed by atoms with Crippen molar-refractivity contribution < 1.29 is 0 Å². The molecule has 0 aromatic heterocycles. The summed E-state index contributed by atoms with van der Waals surface area (Å²) in [5, 5.41) is 14.6. The smallest absolute Gasteiger partial charge is 0.214 e. The lowest BCUT2D eigenvalue weighted by molar-refractivity contribution is 0.377. The first-order valence-electron chi connectivity index (χ1n) is 6.58. The van der Waals surface area contributed by atoms with Crippen LogP contribution in [0.25, 0.3) is 0 Å². The zero-order valence-corrected chi connectivity index (χ0v) is 13.2. The van der Waals surface area contributed by atoms with E-state index in [1.807, 2.05) is 23.2 Å². The summed E-state index contributed by atoms with van der Waals surface area (Å²) >= 11 is 0. The fourth-order valence-electron chi connectivity index (χ4n) is 2.54. The van der Waals surface area contributed by atoms with Gasteiger partial charge >= 0.3 is 0 Å². The number of benzene rings is 1. The molecule has 0 spiro atoms. The average Bonchev–Trinajstić information content (AvgIpc) is 3.10. The maximum Gasteiger partial charge on any atom is 0.214 e. The van der Waals surface area contributed by atoms with Gasteiger partial charge in [0.05, 0.1) is 12.3 Å². The lowest BCUT2D eigenvalue weighted by Crippen LogP contribution is -2.38. The van der Waals surface area contributed by atoms with E-state index < -0.39 is 0 Å². The van der Waals surface area contributed by atoms with Crippen LogP contribution in [-0.2, 0) is 0 Å². The third-order valence-electron chi connectivity index (χ3n) is 3.56. The van der Waals surface area contributed by atoms with E-state index in [1.54, 1.807) is 0 Å². The number of halogens is 1. The summed E-state index contributed by atoms with van der Waals surface area (Å²) in [4.78, 5) is 2.12. The first kappa shape index (κ1) is 14.3. The number of hydrazone groups is 1. The number of nitrogens with one attached hydrogen (secondary N) is 1. The predicted octanol–water partition coefficient (Wildman–Crippen LogP) is 2.74. The molecule has 1 saturated heterocycles. The summed E-state index contributed by atoms with van der Waals surface area (Å²) in [5.41, 5.74) is 2.27. The van der Waals surface area contributed by atoms with Gasteiger partial charge in [-0.2, -0.15) is 5.10 Å². The van der Waals surface area contributed by atoms with Gasteiger partial charge in [-0.15, -0.1) is 24.0 Å². The van der Waals surface area contributed by atoms with Crippen molar-refractivity contribution in [2.24, 2.45) is 5.10 Å². The molecule has 19 heavy (non-hydrogen) atoms. The van der Waals surface area contributed by atoms with Gasteiger partial charge in [-0.3, -0.25) is 5.41 Å². The van der Waals surface area contributed by atoms with Crippen molar-refractivity contribution in [1.82, 2.24) is 9.91 Å². The normalized spacial score (nSPS) is 18.2. The first-order chi connectivity index (χ1) is 8.84. The van der Waals surface area contributed by atoms with Crippen LogP contribution in [0.3, 0.4) is 0 Å². The second-order valence-electron chi connectivity index (χ2n) is 4.80. The number of nitrogens with zero attached hydrogens (tertiary/aromatic N) is 3. The Balaban J connectivity index is 0.00000133. The Hall–Kier alpha value is -1.11. The van der Waals surface area contributed by atoms with Gasteiger partial charge in [0.25, 0.3) is 0 Å². The lowest BCUT2D eigenvalue weighted by Gasteiger charge is -2.23. The summed E-state index contributed by atoms with van der Waals surface area (Å²) in [6, 6.07) is 10.3. The molecule has 0 radical (unpaired) electrons. The molecule has 2 aliphatic rings. The van der Waals surface area contributed by atoms with Crippen LogP contribution in [0.15, 0.2) is 35.4 Å². The number of hydrogen-bond donors (Lipinski definition) is 1. The van der Waals surface area contributed by atoms with Crippen LogP contribution in [0.1, 0.15) is 24.8 Å². The molecule has 1 fully saturated rings. The molecular weight excluding hydrogens is 351 g/mol. The molecule has 1 aromatic carbocycles. The highest BCUT2D eigenvalue weighted by Crippen LogP contribution is 2.17. The van der Waals surface area contributed by atoms with E-state index in [0.717, 1.165) is 31.8 Å². The Morgan fingerprint density at radius 3 is 2.42 bits per heavy atom. The van der Waals surface area contributed by atoms with Crippen molar-refractivity contribution >= 4 is 35.6 Å². The van der Waals surface area contributed by atoms with E-state index in [4.69, 9.17) is 5.41 Å². The van der Waals surface area contributed by atoms with Crippen molar-refractivity contribution in [3.8, 4) is 0 Å². The molecule has 1 aromatic rings. The van der Waals surface area contributed by atoms with Crippen molar-refractivity contribution in [3.63, 3.8) is 0 Å². The minimum atomic E-state index is 0. The summed E-state index contributed by atoms with van der Waals surface area (Å²) in [5.74, 6) is 0.568. The van der Waals surface area contributed by atoms with Gasteiger partial charge in [0, 0.05) is 19.5 Å². The van der Waals surface area contributed by atoms with Crippen LogP contribution < -0.4 is 0 Å². The topological polar surface area (TPSA) is 42.7 Å². The minimum Gasteiger partial charge on any atom is -0.342 e. The SMILES string of the molecule is I.N=C(N1CCCC1)N1CCC(c2ccccc2)=N1. The molecule has 2 aliphatic heterocycles. The van der Waals surface area contributed by atoms with Crippen molar-refractivity contribution in [1.29, 1.82) is 5.41 Å². The molecule has 3 rings (SSSR count). The Kier molecular flexibility index (Phi) is 4.79. The molecule has 4 nitrogen and oxygen atoms in total. The molecule has 5 heteroatoms. The van der Waals surface area contributed by atoms with Gasteiger partial charge in [-0.05, 0) is 18.4 Å². The summed E-state index contributed by atoms with van der Waals surface area (Å²) in [6.45, 7) is 2.84. The monoisotopic (exact) mass is 370 g/mol. The predicted molar refractivity (Wildman–Crippen MR) is 88.3 cm³/mol. The zero-order valence-electron chi connectivity index (χ0n) is 10.9. The maximum atomic E-state index is 8.18. The largest absolute Gasteiger partial charge is 0.342 e. The maximum absolute atomic E-state index is 8.18. The van der Waals surface area contributed by atoms with Crippen molar-refractivity contribution in [3.05, 3.63) is 35.9 Å². The molecule has 0 unspecified atom stereocenters. The fraction of sp³-hybridized carbons (Fsp3) is 0.429. The molecule has 2 heterocycles. The number of hydrogen-bond acceptors (Lipinski definition) is 2. The minimum absolute atomic E-state index is 0. The molecule has 1 N–H and O–H groups in total. The molecule has 0 saturated carbocycles. The van der Waals surface area contributed by atoms with Crippen molar-refractivity contribution in [2.75, 3.05) is 19.6 Å². The molecule has 0 bridgehead atoms. The van der Waals surface area contributed by atoms with E-state index in [0.29, 0.717) is 5.96 Å². The summed E-state index contributed by atoms with van der Waals surface area (Å²) in [7, 11) is 0. The Labute approximate surface area is 131 Å². The second kappa shape index (κ2) is 6.36. The van der Waals surface area contributed by atoms with Gasteiger partial charge in [0.15, 0.2) is 0 Å². The van der Waals surface area contributed by atoms with Gasteiger partial charge in [0.2, 0.25) is 5.96 Å². The van der Waals surface area contributed by atoms with Gasteiger partial charge in [-0.25, -0.2) is 5.01 Å². The molecule has 0 amide bonds. The van der Waals surface area contributed by atoms with E-state index >= 15 is 0 Å². The number of rotatable bonds is 1. The third kappa shape index (κ3) is 3.08. The van der Waals surface area contributed by atoms with E-state index in [-0.39, 0.29) is 24.0 Å². The quantitative estimate of drug-likeness (QED) is 0.469. The average molecular weight is 370 g/mol. The Morgan fingerprint density at radius 1 is 1.05 bits per heavy atom. The van der Waals surface area contributed by atoms with E-state index in [2.05, 4.69) is 22.1 Å². The molecular formula is C14H19IN4. The molecule has 0 atom stereocenters. The van der Waals surface area contributed by atoms with Crippen molar-refractivity contribution in [2.45, 2.75) is 19.3 Å². The standard InChI is InChI=1S/C14H18N4.HI/c15-14(17-9-4-5-10-17)18-11-8-13(16-18)12-6-2-1-3-7-12;/h1-3,6-7,15H,4-5,8-11H2;1H. The van der Waals surface area contributed by atoms with Gasteiger partial charge < -0.3 is 4.90 Å². The first-order valence-corrected chi connectivity index (χ1v) is 6.58. The Morgan fingerprint density at radius 2 is 1.74 bits per heavy atom. The molecule has 102 valence electrons. The third-order valence-corrected chi connectivity index (χ3v) is 3.56. The highest BCUT2D eigenvalue weighted by atomic mass is 127. The second-order valence-corrected chi connectivity index (χ2v) is 4.80. The number of likely N-dealkylation sites (tertiary alicyclic amines) is 1. The molecule has 0 aliphatic carbocycles. The van der Waals surface area contributed by atoms with Gasteiger partial charge in [-0.1, -0.05) is 30.3 Å². The zero-order chi connectivity index (χ0) is 12.4. The highest BCUT2D eigenvalue weighted by Gasteiger charge is 2.24. The van der Waals surface area contributed by atoms with Crippen LogP contribution in [0.4, 0.5) is 0 Å². The lowest BCUT2D eigenvalue weighted by atomic mass is 10.1. The van der Waals surface area contributed by atoms with E-state index in [1.165, 1.54) is 18.4 Å². The Bertz CT molecular complexity index is 466. The van der Waals surface area contributed by atoms with Crippen LogP contribution in [0.2, 0.25) is 0 Å². The summed E-state index contributed by atoms with van der Waals surface area (Å²) in [6.07, 6.45) is 3.33. The van der Waals surface area contributed by atoms with Crippen LogP contribution >= 0.6 is 24.0 Å². The van der Waals surface area contributed by atoms with Crippen LogP contribution in [0, 0.1) is 5.41 Å². The van der Waals surface area contributed by atoms with Gasteiger partial charge in [0.1, 0.15) is 0 Å². The van der Waals surface area contributed by atoms with Crippen LogP contribution in [0.5, 0.6) is 0 Å². The fourth-order valence-corrected chi connectivity index (χ4v) is 2.54. The number of guanidine groups is 1.